The van der Waals surface area contributed by atoms with E-state index in [1.54, 1.807) is 0 Å². The third kappa shape index (κ3) is 21.9. The van der Waals surface area contributed by atoms with Gasteiger partial charge in [0.25, 0.3) is 0 Å². The van der Waals surface area contributed by atoms with Crippen molar-refractivity contribution in [1.82, 2.24) is 0 Å². The van der Waals surface area contributed by atoms with Crippen LogP contribution >= 0.6 is 102 Å². The second-order valence-electron chi connectivity index (χ2n) is 14.8. The van der Waals surface area contributed by atoms with Crippen molar-refractivity contribution < 1.29 is 18.9 Å². The molecule has 0 saturated carbocycles. The Bertz CT molecular complexity index is 1460. The van der Waals surface area contributed by atoms with Crippen molar-refractivity contribution >= 4 is 102 Å². The van der Waals surface area contributed by atoms with Gasteiger partial charge in [-0.05, 0) is 147 Å². The SMILES string of the molecule is CCCCCCCCCCOc1cc(C#Cc2cc(OCCCC3SSSSS3)c(C)cc2OCCCC2SSSSS2)c(OCCCCCCCCCC)cc1C. The summed E-state index contributed by atoms with van der Waals surface area (Å²) in [6, 6.07) is 8.45. The summed E-state index contributed by atoms with van der Waals surface area (Å²) in [5.74, 6) is 10.5. The van der Waals surface area contributed by atoms with Crippen LogP contribution in [0.3, 0.4) is 0 Å². The molecule has 0 aromatic heterocycles. The maximum atomic E-state index is 6.51. The number of ether oxygens (including phenoxy) is 4. The second kappa shape index (κ2) is 33.2. The monoisotopic (exact) mass is 978 g/mol. The summed E-state index contributed by atoms with van der Waals surface area (Å²) >= 11 is 0. The molecule has 2 heterocycles. The normalized spacial score (nSPS) is 14.9. The van der Waals surface area contributed by atoms with Gasteiger partial charge in [-0.3, -0.25) is 0 Å². The Kier molecular flexibility index (Phi) is 29.4. The van der Waals surface area contributed by atoms with Crippen LogP contribution in [0, 0.1) is 25.7 Å². The topological polar surface area (TPSA) is 36.9 Å². The Morgan fingerprint density at radius 2 is 0.724 bits per heavy atom. The van der Waals surface area contributed by atoms with Crippen LogP contribution in [0.1, 0.15) is 165 Å². The van der Waals surface area contributed by atoms with Crippen LogP contribution in [-0.4, -0.2) is 35.6 Å². The fraction of sp³-hybridized carbons (Fsp3) is 0.682. The minimum absolute atomic E-state index is 0.593. The molecule has 0 aliphatic carbocycles. The van der Waals surface area contributed by atoms with Gasteiger partial charge in [-0.25, -0.2) is 0 Å². The van der Waals surface area contributed by atoms with Crippen LogP contribution in [0.15, 0.2) is 24.3 Å². The average molecular weight is 980 g/mol. The maximum absolute atomic E-state index is 6.51. The zero-order valence-electron chi connectivity index (χ0n) is 35.2. The lowest BCUT2D eigenvalue weighted by molar-refractivity contribution is 0.294. The molecule has 2 aliphatic rings. The molecule has 4 rings (SSSR count). The summed E-state index contributed by atoms with van der Waals surface area (Å²) in [5, 5.41) is 0. The van der Waals surface area contributed by atoms with E-state index in [4.69, 9.17) is 18.9 Å². The second-order valence-corrected chi connectivity index (χ2v) is 31.3. The van der Waals surface area contributed by atoms with E-state index in [0.29, 0.717) is 29.0 Å². The van der Waals surface area contributed by atoms with Crippen LogP contribution in [0.4, 0.5) is 0 Å². The molecule has 326 valence electrons. The molecule has 4 nitrogen and oxygen atoms in total. The molecule has 0 bridgehead atoms. The van der Waals surface area contributed by atoms with Gasteiger partial charge in [-0.15, -0.1) is 0 Å². The van der Waals surface area contributed by atoms with Gasteiger partial charge >= 0.3 is 0 Å². The standard InChI is InChI=1S/C44H66O4S10/c1-5-7-9-11-13-15-17-19-27-45-39-33-37(41(31-35(39)3)47-28-20-18-16-14-12-10-8-6-2)25-26-38-34-40(46-29-21-23-43-49-53-57-54-50-43)36(4)32-42(38)48-30-22-24-44-51-55-58-56-52-44/h31-34,43-44H,5-24,27-30H2,1-4H3. The number of hydrogen-bond acceptors (Lipinski definition) is 14. The first-order valence-electron chi connectivity index (χ1n) is 21.5. The van der Waals surface area contributed by atoms with E-state index in [9.17, 15) is 0 Å². The lowest BCUT2D eigenvalue weighted by atomic mass is 10.1. The zero-order valence-corrected chi connectivity index (χ0v) is 43.3. The Morgan fingerprint density at radius 3 is 1.10 bits per heavy atom. The fourth-order valence-corrected chi connectivity index (χ4v) is 29.8. The molecule has 0 radical (unpaired) electrons. The van der Waals surface area contributed by atoms with E-state index in [1.807, 2.05) is 102 Å². The van der Waals surface area contributed by atoms with Gasteiger partial charge in [-0.1, -0.05) is 159 Å². The molecule has 2 saturated heterocycles. The van der Waals surface area contributed by atoms with Gasteiger partial charge in [-0.2, -0.15) is 0 Å². The Balaban J connectivity index is 1.47. The minimum atomic E-state index is 0.593. The molecule has 0 spiro atoms. The lowest BCUT2D eigenvalue weighted by Crippen LogP contribution is -2.06. The molecular weight excluding hydrogens is 913 g/mol. The largest absolute Gasteiger partial charge is 0.493 e. The highest BCUT2D eigenvalue weighted by Gasteiger charge is 2.19. The van der Waals surface area contributed by atoms with E-state index in [2.05, 4.69) is 63.8 Å². The predicted octanol–water partition coefficient (Wildman–Crippen LogP) is 18.4. The summed E-state index contributed by atoms with van der Waals surface area (Å²) in [5.41, 5.74) is 3.88. The predicted molar refractivity (Wildman–Crippen MR) is 277 cm³/mol. The number of aryl methyl sites for hydroxylation is 2. The van der Waals surface area contributed by atoms with Crippen molar-refractivity contribution in [2.24, 2.45) is 0 Å². The molecule has 2 fully saturated rings. The quantitative estimate of drug-likeness (QED) is 0.0424. The van der Waals surface area contributed by atoms with E-state index in [1.165, 1.54) is 89.9 Å². The van der Waals surface area contributed by atoms with Gasteiger partial charge in [0, 0.05) is 0 Å². The number of hydrogen-bond donors (Lipinski definition) is 0. The van der Waals surface area contributed by atoms with Crippen molar-refractivity contribution in [3.63, 3.8) is 0 Å². The van der Waals surface area contributed by atoms with Crippen molar-refractivity contribution in [2.45, 2.75) is 165 Å². The molecule has 2 aromatic carbocycles. The fourth-order valence-electron chi connectivity index (χ4n) is 6.39. The van der Waals surface area contributed by atoms with E-state index < -0.39 is 0 Å². The van der Waals surface area contributed by atoms with E-state index in [0.717, 1.165) is 90.4 Å². The highest BCUT2D eigenvalue weighted by Crippen LogP contribution is 2.61. The third-order valence-electron chi connectivity index (χ3n) is 9.78. The molecule has 0 atom stereocenters. The Hall–Kier alpha value is 0.700. The summed E-state index contributed by atoms with van der Waals surface area (Å²) in [7, 11) is 19.1. The molecule has 2 aromatic rings. The van der Waals surface area contributed by atoms with E-state index in [-0.39, 0.29) is 0 Å². The van der Waals surface area contributed by atoms with Gasteiger partial charge in [0.1, 0.15) is 23.0 Å². The first kappa shape index (κ1) is 51.3. The van der Waals surface area contributed by atoms with Crippen LogP contribution < -0.4 is 18.9 Å². The maximum Gasteiger partial charge on any atom is 0.135 e. The van der Waals surface area contributed by atoms with Crippen molar-refractivity contribution in [2.75, 3.05) is 26.4 Å². The lowest BCUT2D eigenvalue weighted by Gasteiger charge is -2.19. The summed E-state index contributed by atoms with van der Waals surface area (Å²) < 4.78 is 27.1. The minimum Gasteiger partial charge on any atom is -0.493 e. The molecule has 58 heavy (non-hydrogen) atoms. The van der Waals surface area contributed by atoms with Gasteiger partial charge in [0.05, 0.1) is 46.7 Å². The van der Waals surface area contributed by atoms with Crippen LogP contribution in [0.5, 0.6) is 23.0 Å². The molecule has 0 N–H and O–H groups in total. The number of unbranched alkanes of at least 4 members (excludes halogenated alkanes) is 14. The zero-order chi connectivity index (χ0) is 40.9. The molecule has 0 amide bonds. The van der Waals surface area contributed by atoms with Crippen LogP contribution in [0.25, 0.3) is 0 Å². The molecule has 2 aliphatic heterocycles. The van der Waals surface area contributed by atoms with Crippen LogP contribution in [0.2, 0.25) is 0 Å². The van der Waals surface area contributed by atoms with E-state index >= 15 is 0 Å². The molecule has 0 unspecified atom stereocenters. The first-order valence-corrected chi connectivity index (χ1v) is 34.1. The molecule has 14 heteroatoms. The summed E-state index contributed by atoms with van der Waals surface area (Å²) in [6.45, 7) is 11.6. The highest BCUT2D eigenvalue weighted by molar-refractivity contribution is 9.39. The van der Waals surface area contributed by atoms with Gasteiger partial charge < -0.3 is 18.9 Å². The first-order chi connectivity index (χ1) is 28.6. The number of benzene rings is 2. The van der Waals surface area contributed by atoms with Crippen molar-refractivity contribution in [1.29, 1.82) is 0 Å². The third-order valence-corrected chi connectivity index (χ3v) is 30.0. The van der Waals surface area contributed by atoms with Gasteiger partial charge in [0.2, 0.25) is 0 Å². The Morgan fingerprint density at radius 1 is 0.397 bits per heavy atom. The van der Waals surface area contributed by atoms with Crippen molar-refractivity contribution in [3.05, 3.63) is 46.5 Å². The molecular formula is C44H66O4S10. The summed E-state index contributed by atoms with van der Waals surface area (Å²) in [4.78, 5) is 0. The smallest absolute Gasteiger partial charge is 0.135 e. The van der Waals surface area contributed by atoms with Crippen LogP contribution in [-0.2, 0) is 0 Å². The highest BCUT2D eigenvalue weighted by atomic mass is 33.8. The Labute approximate surface area is 390 Å². The average Bonchev–Trinajstić information content (AvgIpc) is 3.24. The van der Waals surface area contributed by atoms with Crippen molar-refractivity contribution in [3.8, 4) is 34.8 Å². The number of rotatable bonds is 30. The summed E-state index contributed by atoms with van der Waals surface area (Å²) in [6.07, 6.45) is 24.7. The van der Waals surface area contributed by atoms with Gasteiger partial charge in [0.15, 0.2) is 0 Å².